The van der Waals surface area contributed by atoms with E-state index in [1.165, 1.54) is 18.1 Å². The van der Waals surface area contributed by atoms with E-state index in [9.17, 15) is 27.6 Å². The Kier molecular flexibility index (Phi) is 9.12. The van der Waals surface area contributed by atoms with Gasteiger partial charge in [-0.3, -0.25) is 14.4 Å². The minimum absolute atomic E-state index is 0.130. The van der Waals surface area contributed by atoms with Gasteiger partial charge in [-0.2, -0.15) is 13.2 Å². The third-order valence-corrected chi connectivity index (χ3v) is 8.18. The third kappa shape index (κ3) is 6.66. The van der Waals surface area contributed by atoms with Gasteiger partial charge in [-0.15, -0.1) is 0 Å². The molecule has 2 atom stereocenters. The highest BCUT2D eigenvalue weighted by atomic mass is 19.4. The van der Waals surface area contributed by atoms with Crippen molar-refractivity contribution in [3.63, 3.8) is 0 Å². The number of ether oxygens (including phenoxy) is 2. The van der Waals surface area contributed by atoms with Crippen molar-refractivity contribution >= 4 is 29.2 Å². The second kappa shape index (κ2) is 13.0. The van der Waals surface area contributed by atoms with Crippen molar-refractivity contribution in [2.75, 3.05) is 49.7 Å². The molecule has 0 spiro atoms. The third-order valence-electron chi connectivity index (χ3n) is 8.18. The van der Waals surface area contributed by atoms with Crippen molar-refractivity contribution in [2.45, 2.75) is 32.0 Å². The number of esters is 1. The second-order valence-corrected chi connectivity index (χ2v) is 11.0. The van der Waals surface area contributed by atoms with E-state index in [0.29, 0.717) is 35.8 Å². The zero-order chi connectivity index (χ0) is 31.4. The molecule has 8 nitrogen and oxygen atoms in total. The maximum atomic E-state index is 13.6. The van der Waals surface area contributed by atoms with Crippen molar-refractivity contribution in [1.82, 2.24) is 4.90 Å². The molecule has 2 saturated heterocycles. The molecule has 0 aromatic heterocycles. The van der Waals surface area contributed by atoms with Crippen LogP contribution in [0.4, 0.5) is 24.5 Å². The first-order valence-electron chi connectivity index (χ1n) is 14.4. The lowest BCUT2D eigenvalue weighted by molar-refractivity contribution is -0.157. The Morgan fingerprint density at radius 3 is 2.30 bits per heavy atom. The summed E-state index contributed by atoms with van der Waals surface area (Å²) in [7, 11) is 1.53. The number of hydrogen-bond acceptors (Lipinski definition) is 6. The maximum Gasteiger partial charge on any atom is 0.416 e. The molecule has 2 heterocycles. The number of hydrogen-bond donors (Lipinski definition) is 0. The second-order valence-electron chi connectivity index (χ2n) is 11.0. The van der Waals surface area contributed by atoms with Crippen LogP contribution in [0, 0.1) is 12.8 Å². The van der Waals surface area contributed by atoms with E-state index in [-0.39, 0.29) is 31.8 Å². The van der Waals surface area contributed by atoms with E-state index in [0.717, 1.165) is 17.7 Å². The minimum atomic E-state index is -4.44. The largest absolute Gasteiger partial charge is 0.496 e. The average molecular weight is 610 g/mol. The predicted molar refractivity (Wildman–Crippen MR) is 158 cm³/mol. The molecule has 0 bridgehead atoms. The standard InChI is InChI=1S/C33H34F3N3O5/c1-22-10-12-24(13-11-22)39-29(40)15-14-27(31(39)26-8-3-4-9-28(26)43-2)32(42)44-21-30(41)38-18-16-37(17-19-38)25-7-5-6-23(20-25)33(34,35)36/h3-13,20,27,31H,14-19,21H2,1-2H3. The number of carbonyl (C=O) groups excluding carboxylic acids is 3. The lowest BCUT2D eigenvalue weighted by Gasteiger charge is -2.41. The van der Waals surface area contributed by atoms with E-state index < -0.39 is 42.2 Å². The summed E-state index contributed by atoms with van der Waals surface area (Å²) in [5.74, 6) is -1.35. The number of carbonyl (C=O) groups is 3. The first-order valence-corrected chi connectivity index (χ1v) is 14.4. The van der Waals surface area contributed by atoms with Gasteiger partial charge in [-0.1, -0.05) is 42.0 Å². The molecular formula is C33H34F3N3O5. The molecule has 2 amide bonds. The van der Waals surface area contributed by atoms with E-state index in [1.807, 2.05) is 49.4 Å². The first kappa shape index (κ1) is 30.9. The van der Waals surface area contributed by atoms with Crippen LogP contribution in [0.1, 0.15) is 35.6 Å². The number of piperidine rings is 1. The van der Waals surface area contributed by atoms with Crippen LogP contribution in [0.15, 0.2) is 72.8 Å². The quantitative estimate of drug-likeness (QED) is 0.334. The lowest BCUT2D eigenvalue weighted by atomic mass is 9.83. The van der Waals surface area contributed by atoms with Gasteiger partial charge in [0.25, 0.3) is 5.91 Å². The molecular weight excluding hydrogens is 575 g/mol. The van der Waals surface area contributed by atoms with Crippen molar-refractivity contribution in [3.8, 4) is 5.75 Å². The Morgan fingerprint density at radius 2 is 1.61 bits per heavy atom. The maximum absolute atomic E-state index is 13.6. The number of rotatable bonds is 7. The summed E-state index contributed by atoms with van der Waals surface area (Å²) in [4.78, 5) is 44.9. The number of piperazine rings is 1. The Hall–Kier alpha value is -4.54. The Bertz CT molecular complexity index is 1500. The van der Waals surface area contributed by atoms with Gasteiger partial charge in [0.05, 0.1) is 24.6 Å². The number of amides is 2. The minimum Gasteiger partial charge on any atom is -0.496 e. The van der Waals surface area contributed by atoms with Gasteiger partial charge in [-0.05, 0) is 49.7 Å². The van der Waals surface area contributed by atoms with E-state index >= 15 is 0 Å². The van der Waals surface area contributed by atoms with Gasteiger partial charge in [0.15, 0.2) is 6.61 Å². The number of alkyl halides is 3. The summed E-state index contributed by atoms with van der Waals surface area (Å²) in [6.07, 6.45) is -4.07. The monoisotopic (exact) mass is 609 g/mol. The zero-order valence-corrected chi connectivity index (χ0v) is 24.5. The molecule has 0 radical (unpaired) electrons. The highest BCUT2D eigenvalue weighted by Gasteiger charge is 2.43. The number of benzene rings is 3. The predicted octanol–water partition coefficient (Wildman–Crippen LogP) is 5.40. The number of methoxy groups -OCH3 is 1. The number of anilines is 2. The Balaban J connectivity index is 1.27. The van der Waals surface area contributed by atoms with Gasteiger partial charge in [-0.25, -0.2) is 0 Å². The van der Waals surface area contributed by atoms with Crippen LogP contribution in [0.25, 0.3) is 0 Å². The molecule has 3 aromatic rings. The fourth-order valence-corrected chi connectivity index (χ4v) is 5.84. The molecule has 232 valence electrons. The van der Waals surface area contributed by atoms with Crippen molar-refractivity contribution < 1.29 is 37.0 Å². The summed E-state index contributed by atoms with van der Waals surface area (Å²) in [5, 5.41) is 0. The van der Waals surface area contributed by atoms with E-state index in [1.54, 1.807) is 21.9 Å². The van der Waals surface area contributed by atoms with Gasteiger partial charge in [0.1, 0.15) is 5.75 Å². The van der Waals surface area contributed by atoms with Gasteiger partial charge in [0.2, 0.25) is 5.91 Å². The molecule has 0 N–H and O–H groups in total. The van der Waals surface area contributed by atoms with E-state index in [4.69, 9.17) is 9.47 Å². The smallest absolute Gasteiger partial charge is 0.416 e. The molecule has 2 fully saturated rings. The van der Waals surface area contributed by atoms with Crippen molar-refractivity contribution in [2.24, 2.45) is 5.92 Å². The molecule has 11 heteroatoms. The highest BCUT2D eigenvalue weighted by Crippen LogP contribution is 2.43. The van der Waals surface area contributed by atoms with E-state index in [2.05, 4.69) is 0 Å². The van der Waals surface area contributed by atoms with Crippen molar-refractivity contribution in [3.05, 3.63) is 89.5 Å². The first-order chi connectivity index (χ1) is 21.1. The summed E-state index contributed by atoms with van der Waals surface area (Å²) in [5.41, 5.74) is 2.03. The number of para-hydroxylation sites is 1. The number of nitrogens with zero attached hydrogens (tertiary/aromatic N) is 3. The molecule has 0 aliphatic carbocycles. The van der Waals surface area contributed by atoms with Gasteiger partial charge < -0.3 is 24.2 Å². The van der Waals surface area contributed by atoms with Crippen LogP contribution >= 0.6 is 0 Å². The summed E-state index contributed by atoms with van der Waals surface area (Å²) < 4.78 is 50.6. The highest BCUT2D eigenvalue weighted by molar-refractivity contribution is 5.97. The van der Waals surface area contributed by atoms with Crippen LogP contribution in [0.3, 0.4) is 0 Å². The lowest BCUT2D eigenvalue weighted by Crippen LogP contribution is -2.50. The molecule has 3 aromatic carbocycles. The molecule has 44 heavy (non-hydrogen) atoms. The van der Waals surface area contributed by atoms with Gasteiger partial charge >= 0.3 is 12.1 Å². The molecule has 2 unspecified atom stereocenters. The van der Waals surface area contributed by atoms with Crippen LogP contribution < -0.4 is 14.5 Å². The molecule has 2 aliphatic heterocycles. The summed E-state index contributed by atoms with van der Waals surface area (Å²) in [6.45, 7) is 2.70. The topological polar surface area (TPSA) is 79.4 Å². The SMILES string of the molecule is COc1ccccc1C1C(C(=O)OCC(=O)N2CCN(c3cccc(C(F)(F)F)c3)CC2)CCC(=O)N1c1ccc(C)cc1. The normalized spacial score (nSPS) is 19.1. The zero-order valence-electron chi connectivity index (χ0n) is 24.5. The fourth-order valence-electron chi connectivity index (χ4n) is 5.84. The van der Waals surface area contributed by atoms with Gasteiger partial charge in [0, 0.05) is 49.5 Å². The fraction of sp³-hybridized carbons (Fsp3) is 0.364. The Morgan fingerprint density at radius 1 is 0.909 bits per heavy atom. The van der Waals surface area contributed by atoms with Crippen molar-refractivity contribution in [1.29, 1.82) is 0 Å². The van der Waals surface area contributed by atoms with Crippen LogP contribution in [-0.4, -0.2) is 62.6 Å². The number of aryl methyl sites for hydroxylation is 1. The van der Waals surface area contributed by atoms with Crippen LogP contribution in [0.2, 0.25) is 0 Å². The summed E-state index contributed by atoms with van der Waals surface area (Å²) in [6, 6.07) is 19.1. The Labute approximate surface area is 253 Å². The summed E-state index contributed by atoms with van der Waals surface area (Å²) >= 11 is 0. The van der Waals surface area contributed by atoms with Crippen LogP contribution in [0.5, 0.6) is 5.75 Å². The number of halogens is 3. The molecule has 0 saturated carbocycles. The van der Waals surface area contributed by atoms with Crippen LogP contribution in [-0.2, 0) is 25.3 Å². The average Bonchev–Trinajstić information content (AvgIpc) is 3.03. The molecule has 2 aliphatic rings. The molecule has 5 rings (SSSR count).